The molecule has 150 valence electrons. The first-order valence-electron chi connectivity index (χ1n) is 10.5. The Kier molecular flexibility index (Phi) is 5.01. The van der Waals surface area contributed by atoms with Gasteiger partial charge in [-0.3, -0.25) is 4.98 Å². The first-order chi connectivity index (χ1) is 14.8. The maximum Gasteiger partial charge on any atom is 0.225 e. The molecule has 3 heterocycles. The van der Waals surface area contributed by atoms with E-state index < -0.39 is 0 Å². The second kappa shape index (κ2) is 8.11. The summed E-state index contributed by atoms with van der Waals surface area (Å²) in [6, 6.07) is 21.1. The van der Waals surface area contributed by atoms with E-state index in [4.69, 9.17) is 4.98 Å². The van der Waals surface area contributed by atoms with Crippen LogP contribution >= 0.6 is 0 Å². The minimum absolute atomic E-state index is 0.832. The molecule has 4 aromatic rings. The number of hydrogen-bond donors (Lipinski definition) is 0. The number of piperazine rings is 1. The SMILES string of the molecule is Cc1ccc2c(N3CCN(c4nccc(Cc5ccccc5)n4)CC3)ccnc2c1. The fourth-order valence-electron chi connectivity index (χ4n) is 4.11. The first kappa shape index (κ1) is 18.6. The highest BCUT2D eigenvalue weighted by molar-refractivity contribution is 5.92. The molecule has 0 spiro atoms. The number of aryl methyl sites for hydroxylation is 1. The summed E-state index contributed by atoms with van der Waals surface area (Å²) in [6.07, 6.45) is 4.63. The third-order valence-electron chi connectivity index (χ3n) is 5.71. The summed E-state index contributed by atoms with van der Waals surface area (Å²) in [4.78, 5) is 18.7. The molecule has 1 aliphatic rings. The van der Waals surface area contributed by atoms with Crippen molar-refractivity contribution in [1.82, 2.24) is 15.0 Å². The van der Waals surface area contributed by atoms with Crippen LogP contribution in [0.2, 0.25) is 0 Å². The quantitative estimate of drug-likeness (QED) is 0.517. The number of nitrogens with zero attached hydrogens (tertiary/aromatic N) is 5. The van der Waals surface area contributed by atoms with Crippen molar-refractivity contribution in [3.63, 3.8) is 0 Å². The van der Waals surface area contributed by atoms with Gasteiger partial charge in [-0.15, -0.1) is 0 Å². The van der Waals surface area contributed by atoms with E-state index in [1.54, 1.807) is 0 Å². The molecule has 0 N–H and O–H groups in total. The van der Waals surface area contributed by atoms with Crippen LogP contribution in [-0.4, -0.2) is 41.1 Å². The highest BCUT2D eigenvalue weighted by Gasteiger charge is 2.21. The molecule has 0 atom stereocenters. The second-order valence-electron chi connectivity index (χ2n) is 7.84. The lowest BCUT2D eigenvalue weighted by atomic mass is 10.1. The summed E-state index contributed by atoms with van der Waals surface area (Å²) in [7, 11) is 0. The molecule has 1 aliphatic heterocycles. The molecule has 0 radical (unpaired) electrons. The number of anilines is 2. The molecule has 2 aromatic carbocycles. The minimum Gasteiger partial charge on any atom is -0.367 e. The summed E-state index contributed by atoms with van der Waals surface area (Å²) >= 11 is 0. The predicted molar refractivity (Wildman–Crippen MR) is 122 cm³/mol. The number of benzene rings is 2. The van der Waals surface area contributed by atoms with Gasteiger partial charge in [-0.25, -0.2) is 9.97 Å². The van der Waals surface area contributed by atoms with E-state index in [1.165, 1.54) is 22.2 Å². The van der Waals surface area contributed by atoms with Crippen LogP contribution in [0.25, 0.3) is 10.9 Å². The maximum atomic E-state index is 4.84. The predicted octanol–water partition coefficient (Wildman–Crippen LogP) is 4.25. The highest BCUT2D eigenvalue weighted by atomic mass is 15.3. The van der Waals surface area contributed by atoms with Gasteiger partial charge >= 0.3 is 0 Å². The van der Waals surface area contributed by atoms with Crippen molar-refractivity contribution < 1.29 is 0 Å². The average Bonchev–Trinajstić information content (AvgIpc) is 2.79. The molecule has 0 bridgehead atoms. The summed E-state index contributed by atoms with van der Waals surface area (Å²) in [5.74, 6) is 0.832. The molecule has 2 aromatic heterocycles. The van der Waals surface area contributed by atoms with Gasteiger partial charge in [0.25, 0.3) is 0 Å². The van der Waals surface area contributed by atoms with Crippen molar-refractivity contribution in [1.29, 1.82) is 0 Å². The zero-order valence-corrected chi connectivity index (χ0v) is 17.2. The van der Waals surface area contributed by atoms with Crippen LogP contribution in [0, 0.1) is 6.92 Å². The smallest absolute Gasteiger partial charge is 0.225 e. The number of hydrogen-bond acceptors (Lipinski definition) is 5. The maximum absolute atomic E-state index is 4.84. The molecule has 1 fully saturated rings. The Bertz CT molecular complexity index is 1150. The standard InChI is InChI=1S/C25H25N5/c1-19-7-8-22-23(17-19)26-12-10-24(22)29-13-15-30(16-14-29)25-27-11-9-21(28-25)18-20-5-3-2-4-6-20/h2-12,17H,13-16,18H2,1H3. The molecule has 30 heavy (non-hydrogen) atoms. The lowest BCUT2D eigenvalue weighted by Gasteiger charge is -2.36. The number of fused-ring (bicyclic) bond motifs is 1. The first-order valence-corrected chi connectivity index (χ1v) is 10.5. The van der Waals surface area contributed by atoms with E-state index in [1.807, 2.05) is 24.5 Å². The number of pyridine rings is 1. The van der Waals surface area contributed by atoms with E-state index in [0.717, 1.165) is 49.8 Å². The van der Waals surface area contributed by atoms with E-state index in [-0.39, 0.29) is 0 Å². The Morgan fingerprint density at radius 2 is 1.57 bits per heavy atom. The van der Waals surface area contributed by atoms with Crippen LogP contribution in [0.4, 0.5) is 11.6 Å². The molecule has 0 unspecified atom stereocenters. The van der Waals surface area contributed by atoms with Crippen molar-refractivity contribution in [2.45, 2.75) is 13.3 Å². The van der Waals surface area contributed by atoms with Crippen molar-refractivity contribution in [3.05, 3.63) is 89.9 Å². The molecular weight excluding hydrogens is 370 g/mol. The lowest BCUT2D eigenvalue weighted by molar-refractivity contribution is 0.640. The van der Waals surface area contributed by atoms with E-state index in [0.29, 0.717) is 0 Å². The summed E-state index contributed by atoms with van der Waals surface area (Å²) in [6.45, 7) is 5.81. The van der Waals surface area contributed by atoms with Crippen LogP contribution in [0.15, 0.2) is 73.1 Å². The van der Waals surface area contributed by atoms with Gasteiger partial charge in [-0.05, 0) is 36.2 Å². The van der Waals surface area contributed by atoms with E-state index in [9.17, 15) is 0 Å². The zero-order chi connectivity index (χ0) is 20.3. The lowest BCUT2D eigenvalue weighted by Crippen LogP contribution is -2.47. The fourth-order valence-corrected chi connectivity index (χ4v) is 4.11. The van der Waals surface area contributed by atoms with Crippen molar-refractivity contribution in [2.24, 2.45) is 0 Å². The Hall–Kier alpha value is -3.47. The van der Waals surface area contributed by atoms with Crippen molar-refractivity contribution in [3.8, 4) is 0 Å². The van der Waals surface area contributed by atoms with Gasteiger partial charge in [0.2, 0.25) is 5.95 Å². The molecule has 5 heteroatoms. The van der Waals surface area contributed by atoms with Crippen LogP contribution in [0.5, 0.6) is 0 Å². The Labute approximate surface area is 177 Å². The van der Waals surface area contributed by atoms with E-state index in [2.05, 4.69) is 75.2 Å². The van der Waals surface area contributed by atoms with Crippen LogP contribution in [-0.2, 0) is 6.42 Å². The van der Waals surface area contributed by atoms with Gasteiger partial charge in [0, 0.05) is 56.1 Å². The summed E-state index contributed by atoms with van der Waals surface area (Å²) < 4.78 is 0. The molecule has 0 amide bonds. The van der Waals surface area contributed by atoms with E-state index >= 15 is 0 Å². The molecule has 0 saturated carbocycles. The Morgan fingerprint density at radius 1 is 0.800 bits per heavy atom. The van der Waals surface area contributed by atoms with Crippen molar-refractivity contribution >= 4 is 22.5 Å². The van der Waals surface area contributed by atoms with Crippen molar-refractivity contribution in [2.75, 3.05) is 36.0 Å². The normalized spacial score (nSPS) is 14.3. The van der Waals surface area contributed by atoms with Crippen LogP contribution in [0.1, 0.15) is 16.8 Å². The summed E-state index contributed by atoms with van der Waals surface area (Å²) in [5, 5.41) is 1.22. The van der Waals surface area contributed by atoms with Gasteiger partial charge in [0.05, 0.1) is 11.2 Å². The molecule has 0 aliphatic carbocycles. The minimum atomic E-state index is 0.832. The Morgan fingerprint density at radius 3 is 2.40 bits per heavy atom. The van der Waals surface area contributed by atoms with Crippen LogP contribution in [0.3, 0.4) is 0 Å². The third kappa shape index (κ3) is 3.83. The van der Waals surface area contributed by atoms with Gasteiger partial charge in [-0.1, -0.05) is 42.5 Å². The van der Waals surface area contributed by atoms with Crippen LogP contribution < -0.4 is 9.80 Å². The average molecular weight is 396 g/mol. The third-order valence-corrected chi connectivity index (χ3v) is 5.71. The monoisotopic (exact) mass is 395 g/mol. The topological polar surface area (TPSA) is 45.2 Å². The molecule has 5 rings (SSSR count). The largest absolute Gasteiger partial charge is 0.367 e. The van der Waals surface area contributed by atoms with Gasteiger partial charge in [-0.2, -0.15) is 0 Å². The Balaban J connectivity index is 1.30. The summed E-state index contributed by atoms with van der Waals surface area (Å²) in [5.41, 5.74) is 5.89. The number of aromatic nitrogens is 3. The second-order valence-corrected chi connectivity index (χ2v) is 7.84. The fraction of sp³-hybridized carbons (Fsp3) is 0.240. The van der Waals surface area contributed by atoms with Gasteiger partial charge in [0.15, 0.2) is 0 Å². The molecular formula is C25H25N5. The highest BCUT2D eigenvalue weighted by Crippen LogP contribution is 2.27. The molecule has 5 nitrogen and oxygen atoms in total. The molecule has 1 saturated heterocycles. The van der Waals surface area contributed by atoms with Gasteiger partial charge in [0.1, 0.15) is 0 Å². The zero-order valence-electron chi connectivity index (χ0n) is 17.2. The van der Waals surface area contributed by atoms with Gasteiger partial charge < -0.3 is 9.80 Å². The number of rotatable bonds is 4.